The van der Waals surface area contributed by atoms with Crippen molar-refractivity contribution in [2.24, 2.45) is 0 Å². The first-order chi connectivity index (χ1) is 14.7. The standard InChI is InChI=1S/C20H13F3N4O3S/c21-20(22,23)19-25-18(26-30-19)7-6-14-8-10-27(13-14)31(28,29)17-5-1-3-15(11-17)16-4-2-9-24-12-16/h1-13H. The Morgan fingerprint density at radius 2 is 1.84 bits per heavy atom. The second-order valence-corrected chi connectivity index (χ2v) is 8.18. The van der Waals surface area contributed by atoms with Gasteiger partial charge >= 0.3 is 12.1 Å². The van der Waals surface area contributed by atoms with Crippen LogP contribution >= 0.6 is 0 Å². The molecule has 0 unspecified atom stereocenters. The molecular formula is C20H13F3N4O3S. The van der Waals surface area contributed by atoms with Crippen LogP contribution in [0.5, 0.6) is 0 Å². The molecule has 0 N–H and O–H groups in total. The van der Waals surface area contributed by atoms with Crippen LogP contribution in [0.2, 0.25) is 0 Å². The molecule has 158 valence electrons. The maximum atomic E-state index is 13.0. The fourth-order valence-corrected chi connectivity index (χ4v) is 3.97. The number of rotatable bonds is 5. The van der Waals surface area contributed by atoms with Crippen LogP contribution in [0.4, 0.5) is 13.2 Å². The van der Waals surface area contributed by atoms with Gasteiger partial charge in [-0.15, -0.1) is 0 Å². The number of benzene rings is 1. The first kappa shape index (κ1) is 20.5. The Hall–Kier alpha value is -3.73. The summed E-state index contributed by atoms with van der Waals surface area (Å²) in [5.74, 6) is -1.74. The van der Waals surface area contributed by atoms with Crippen molar-refractivity contribution in [1.82, 2.24) is 19.1 Å². The van der Waals surface area contributed by atoms with Crippen LogP contribution in [-0.2, 0) is 16.2 Å². The molecule has 0 saturated carbocycles. The normalized spacial score (nSPS) is 12.5. The minimum absolute atomic E-state index is 0.0768. The number of hydrogen-bond donors (Lipinski definition) is 0. The summed E-state index contributed by atoms with van der Waals surface area (Å²) in [6.07, 6.45) is 3.75. The molecule has 4 rings (SSSR count). The Bertz CT molecular complexity index is 1340. The second-order valence-electron chi connectivity index (χ2n) is 6.34. The molecule has 3 aromatic heterocycles. The lowest BCUT2D eigenvalue weighted by Gasteiger charge is -2.08. The van der Waals surface area contributed by atoms with E-state index >= 15 is 0 Å². The lowest BCUT2D eigenvalue weighted by atomic mass is 10.1. The van der Waals surface area contributed by atoms with Gasteiger partial charge in [0.05, 0.1) is 4.90 Å². The largest absolute Gasteiger partial charge is 0.471 e. The Balaban J connectivity index is 1.58. The fourth-order valence-electron chi connectivity index (χ4n) is 2.72. The molecule has 0 fully saturated rings. The van der Waals surface area contributed by atoms with Gasteiger partial charge in [0.25, 0.3) is 10.0 Å². The minimum atomic E-state index is -4.74. The monoisotopic (exact) mass is 446 g/mol. The van der Waals surface area contributed by atoms with Crippen molar-refractivity contribution in [3.63, 3.8) is 0 Å². The van der Waals surface area contributed by atoms with Crippen LogP contribution in [0.1, 0.15) is 17.3 Å². The molecule has 0 bridgehead atoms. The fraction of sp³-hybridized carbons (Fsp3) is 0.0500. The van der Waals surface area contributed by atoms with Gasteiger partial charge in [-0.3, -0.25) is 4.98 Å². The van der Waals surface area contributed by atoms with Crippen molar-refractivity contribution in [2.45, 2.75) is 11.1 Å². The van der Waals surface area contributed by atoms with Gasteiger partial charge in [0.15, 0.2) is 5.82 Å². The van der Waals surface area contributed by atoms with Gasteiger partial charge in [-0.1, -0.05) is 23.4 Å². The molecule has 0 saturated heterocycles. The van der Waals surface area contributed by atoms with E-state index in [0.717, 1.165) is 9.54 Å². The Labute approximate surface area is 174 Å². The first-order valence-corrected chi connectivity index (χ1v) is 10.2. The maximum absolute atomic E-state index is 13.0. The molecule has 0 aliphatic carbocycles. The molecule has 0 aliphatic rings. The third-order valence-electron chi connectivity index (χ3n) is 4.20. The number of pyridine rings is 1. The third kappa shape index (κ3) is 4.40. The summed E-state index contributed by atoms with van der Waals surface area (Å²) in [5.41, 5.74) is 1.89. The highest BCUT2D eigenvalue weighted by atomic mass is 32.2. The number of alkyl halides is 3. The van der Waals surface area contributed by atoms with E-state index < -0.39 is 22.1 Å². The molecule has 7 nitrogen and oxygen atoms in total. The molecule has 0 aliphatic heterocycles. The first-order valence-electron chi connectivity index (χ1n) is 8.76. The van der Waals surface area contributed by atoms with E-state index in [1.54, 1.807) is 36.7 Å². The van der Waals surface area contributed by atoms with Crippen molar-refractivity contribution in [3.8, 4) is 11.1 Å². The molecule has 11 heteroatoms. The summed E-state index contributed by atoms with van der Waals surface area (Å²) in [6.45, 7) is 0. The average molecular weight is 446 g/mol. The van der Waals surface area contributed by atoms with E-state index in [1.165, 1.54) is 36.7 Å². The van der Waals surface area contributed by atoms with Crippen molar-refractivity contribution < 1.29 is 26.1 Å². The molecule has 3 heterocycles. The summed E-state index contributed by atoms with van der Waals surface area (Å²) < 4.78 is 68.6. The van der Waals surface area contributed by atoms with E-state index in [9.17, 15) is 21.6 Å². The molecule has 0 spiro atoms. The number of aromatic nitrogens is 4. The van der Waals surface area contributed by atoms with Gasteiger partial charge in [0, 0.05) is 30.4 Å². The second kappa shape index (κ2) is 7.84. The Kier molecular flexibility index (Phi) is 5.19. The molecule has 0 atom stereocenters. The van der Waals surface area contributed by atoms with Gasteiger partial charge < -0.3 is 4.52 Å². The predicted octanol–water partition coefficient (Wildman–Crippen LogP) is 4.36. The Morgan fingerprint density at radius 1 is 1.03 bits per heavy atom. The number of halogens is 3. The zero-order valence-corrected chi connectivity index (χ0v) is 16.4. The highest BCUT2D eigenvalue weighted by Crippen LogP contribution is 2.27. The highest BCUT2D eigenvalue weighted by molar-refractivity contribution is 7.90. The number of nitrogens with zero attached hydrogens (tertiary/aromatic N) is 4. The van der Waals surface area contributed by atoms with Crippen LogP contribution < -0.4 is 0 Å². The summed E-state index contributed by atoms with van der Waals surface area (Å²) in [4.78, 5) is 7.33. The van der Waals surface area contributed by atoms with E-state index in [4.69, 9.17) is 0 Å². The quantitative estimate of drug-likeness (QED) is 0.453. The maximum Gasteiger partial charge on any atom is 0.471 e. The van der Waals surface area contributed by atoms with Crippen LogP contribution in [0.3, 0.4) is 0 Å². The molecule has 4 aromatic rings. The topological polar surface area (TPSA) is 90.9 Å². The van der Waals surface area contributed by atoms with Gasteiger partial charge in [-0.2, -0.15) is 18.2 Å². The van der Waals surface area contributed by atoms with Crippen LogP contribution in [-0.4, -0.2) is 27.5 Å². The van der Waals surface area contributed by atoms with Crippen molar-refractivity contribution in [2.75, 3.05) is 0 Å². The van der Waals surface area contributed by atoms with Crippen LogP contribution in [0, 0.1) is 0 Å². The van der Waals surface area contributed by atoms with Crippen molar-refractivity contribution in [3.05, 3.63) is 84.5 Å². The highest BCUT2D eigenvalue weighted by Gasteiger charge is 2.38. The summed E-state index contributed by atoms with van der Waals surface area (Å²) in [6, 6.07) is 11.5. The smallest absolute Gasteiger partial charge is 0.329 e. The summed E-state index contributed by atoms with van der Waals surface area (Å²) in [5, 5.41) is 3.22. The molecule has 1 aromatic carbocycles. The molecule has 0 amide bonds. The minimum Gasteiger partial charge on any atom is -0.329 e. The summed E-state index contributed by atoms with van der Waals surface area (Å²) in [7, 11) is -3.88. The van der Waals surface area contributed by atoms with Crippen LogP contribution in [0.25, 0.3) is 23.3 Å². The van der Waals surface area contributed by atoms with E-state index in [1.807, 2.05) is 6.07 Å². The van der Waals surface area contributed by atoms with Crippen molar-refractivity contribution in [1.29, 1.82) is 0 Å². The molecule has 0 radical (unpaired) electrons. The number of hydrogen-bond acceptors (Lipinski definition) is 6. The predicted molar refractivity (Wildman–Crippen MR) is 105 cm³/mol. The Morgan fingerprint density at radius 3 is 2.55 bits per heavy atom. The zero-order chi connectivity index (χ0) is 22.1. The molecule has 31 heavy (non-hydrogen) atoms. The van der Waals surface area contributed by atoms with E-state index in [0.29, 0.717) is 11.1 Å². The molecular weight excluding hydrogens is 433 g/mol. The third-order valence-corrected chi connectivity index (χ3v) is 5.84. The zero-order valence-electron chi connectivity index (χ0n) is 15.6. The van der Waals surface area contributed by atoms with Gasteiger partial charge in [-0.25, -0.2) is 12.4 Å². The van der Waals surface area contributed by atoms with E-state index in [2.05, 4.69) is 19.6 Å². The van der Waals surface area contributed by atoms with Crippen LogP contribution in [0.15, 0.2) is 76.7 Å². The lowest BCUT2D eigenvalue weighted by molar-refractivity contribution is -0.159. The van der Waals surface area contributed by atoms with Gasteiger partial charge in [-0.05, 0) is 47.5 Å². The average Bonchev–Trinajstić information content (AvgIpc) is 3.43. The van der Waals surface area contributed by atoms with Gasteiger partial charge in [0.2, 0.25) is 0 Å². The summed E-state index contributed by atoms with van der Waals surface area (Å²) >= 11 is 0. The lowest BCUT2D eigenvalue weighted by Crippen LogP contribution is -2.10. The van der Waals surface area contributed by atoms with Crippen molar-refractivity contribution >= 4 is 22.2 Å². The van der Waals surface area contributed by atoms with Gasteiger partial charge in [0.1, 0.15) is 0 Å². The van der Waals surface area contributed by atoms with E-state index in [-0.39, 0.29) is 10.7 Å². The SMILES string of the molecule is O=S(=O)(c1cccc(-c2cccnc2)c1)n1ccc(C=Cc2noc(C(F)(F)F)n2)c1.